The largest absolute Gasteiger partial charge is 0.465 e. The zero-order valence-corrected chi connectivity index (χ0v) is 13.9. The summed E-state index contributed by atoms with van der Waals surface area (Å²) in [4.78, 5) is 24.0. The molecule has 132 valence electrons. The van der Waals surface area contributed by atoms with E-state index in [-0.39, 0.29) is 6.61 Å². The zero-order chi connectivity index (χ0) is 17.5. The number of fused-ring (bicyclic) bond motifs is 2. The second-order valence-electron chi connectivity index (χ2n) is 7.70. The molecule has 7 nitrogen and oxygen atoms in total. The van der Waals surface area contributed by atoms with Crippen molar-refractivity contribution in [3.8, 4) is 0 Å². The van der Waals surface area contributed by atoms with Crippen LogP contribution in [0.5, 0.6) is 0 Å². The van der Waals surface area contributed by atoms with E-state index in [0.717, 1.165) is 0 Å². The smallest absolute Gasteiger partial charge is 0.302 e. The highest BCUT2D eigenvalue weighted by atomic mass is 16.6. The van der Waals surface area contributed by atoms with Gasteiger partial charge in [-0.15, -0.1) is 0 Å². The number of rotatable bonds is 2. The number of hydrogen-bond donors (Lipinski definition) is 2. The third kappa shape index (κ3) is 1.61. The number of epoxide rings is 1. The van der Waals surface area contributed by atoms with Crippen molar-refractivity contribution in [2.75, 3.05) is 13.2 Å². The Hall–Kier alpha value is -1.28. The number of hydrogen-bond acceptors (Lipinski definition) is 7. The maximum atomic E-state index is 12.5. The van der Waals surface area contributed by atoms with Gasteiger partial charge in [-0.1, -0.05) is 6.92 Å². The van der Waals surface area contributed by atoms with Gasteiger partial charge in [-0.3, -0.25) is 9.59 Å². The Labute approximate surface area is 139 Å². The number of carbonyl (C=O) groups excluding carboxylic acids is 2. The number of esters is 1. The average molecular weight is 340 g/mol. The van der Waals surface area contributed by atoms with E-state index in [0.29, 0.717) is 18.6 Å². The molecule has 1 saturated carbocycles. The molecule has 2 aliphatic heterocycles. The number of carbonyl (C=O) groups is 2. The Balaban J connectivity index is 1.89. The molecule has 0 amide bonds. The van der Waals surface area contributed by atoms with E-state index in [4.69, 9.17) is 14.2 Å². The monoisotopic (exact) mass is 340 g/mol. The van der Waals surface area contributed by atoms with Crippen LogP contribution in [-0.4, -0.2) is 65.2 Å². The average Bonchev–Trinajstić information content (AvgIpc) is 3.27. The lowest BCUT2D eigenvalue weighted by Crippen LogP contribution is -2.70. The van der Waals surface area contributed by atoms with Gasteiger partial charge in [0.1, 0.15) is 24.4 Å². The third-order valence-electron chi connectivity index (χ3n) is 6.68. The molecule has 24 heavy (non-hydrogen) atoms. The lowest BCUT2D eigenvalue weighted by Gasteiger charge is -2.58. The van der Waals surface area contributed by atoms with Crippen molar-refractivity contribution in [1.82, 2.24) is 0 Å². The van der Waals surface area contributed by atoms with Crippen LogP contribution in [0.1, 0.15) is 27.2 Å². The van der Waals surface area contributed by atoms with E-state index >= 15 is 0 Å². The number of ketones is 1. The van der Waals surface area contributed by atoms with Crippen LogP contribution in [0.3, 0.4) is 0 Å². The van der Waals surface area contributed by atoms with Gasteiger partial charge in [0.05, 0.1) is 24.2 Å². The normalized spacial score (nSPS) is 52.0. The highest BCUT2D eigenvalue weighted by Crippen LogP contribution is 2.71. The van der Waals surface area contributed by atoms with E-state index in [1.807, 2.05) is 6.92 Å². The highest BCUT2D eigenvalue weighted by Gasteiger charge is 2.83. The summed E-state index contributed by atoms with van der Waals surface area (Å²) in [5.74, 6) is -0.900. The Kier molecular flexibility index (Phi) is 3.15. The molecule has 4 rings (SSSR count). The predicted octanol–water partition coefficient (Wildman–Crippen LogP) is -0.267. The molecule has 4 aliphatic rings. The lowest BCUT2D eigenvalue weighted by molar-refractivity contribution is -0.247. The van der Waals surface area contributed by atoms with Crippen LogP contribution >= 0.6 is 0 Å². The van der Waals surface area contributed by atoms with Gasteiger partial charge in [0.2, 0.25) is 0 Å². The minimum Gasteiger partial charge on any atom is -0.465 e. The topological polar surface area (TPSA) is 106 Å². The zero-order valence-electron chi connectivity index (χ0n) is 13.9. The van der Waals surface area contributed by atoms with E-state index in [9.17, 15) is 19.8 Å². The van der Waals surface area contributed by atoms with Crippen molar-refractivity contribution in [2.45, 2.75) is 57.2 Å². The maximum absolute atomic E-state index is 12.5. The van der Waals surface area contributed by atoms with Crippen LogP contribution in [0.25, 0.3) is 0 Å². The molecule has 2 saturated heterocycles. The van der Waals surface area contributed by atoms with Gasteiger partial charge in [-0.25, -0.2) is 0 Å². The van der Waals surface area contributed by atoms with Gasteiger partial charge in [0.15, 0.2) is 5.78 Å². The van der Waals surface area contributed by atoms with Crippen molar-refractivity contribution in [3.05, 3.63) is 11.6 Å². The molecule has 1 spiro atoms. The van der Waals surface area contributed by atoms with E-state index in [1.165, 1.54) is 6.92 Å². The molecule has 0 aromatic heterocycles. The molecule has 2 aliphatic carbocycles. The Morgan fingerprint density at radius 3 is 2.71 bits per heavy atom. The van der Waals surface area contributed by atoms with Gasteiger partial charge in [-0.05, 0) is 25.0 Å². The van der Waals surface area contributed by atoms with Gasteiger partial charge in [-0.2, -0.15) is 0 Å². The summed E-state index contributed by atoms with van der Waals surface area (Å²) in [5.41, 5.74) is -2.27. The fraction of sp³-hybridized carbons (Fsp3) is 0.765. The van der Waals surface area contributed by atoms with Crippen LogP contribution < -0.4 is 0 Å². The van der Waals surface area contributed by atoms with Crippen molar-refractivity contribution in [1.29, 1.82) is 0 Å². The molecule has 0 radical (unpaired) electrons. The molecule has 2 bridgehead atoms. The maximum Gasteiger partial charge on any atom is 0.302 e. The Morgan fingerprint density at radius 1 is 1.46 bits per heavy atom. The standard InChI is InChI=1S/C17H22O7/c1-8-4-11-16(6-22-9(2)18,13(21)12(8)20)15(3)5-10(19)14(24-11)17(15)7-23-17/h4,10-11,13-14,19,21H,5-7H2,1-3H3/t10-,11-,13-,14-,15-,16-,17+/m1/s1/i2+1,9+1. The molecule has 2 heterocycles. The second-order valence-corrected chi connectivity index (χ2v) is 7.70. The third-order valence-corrected chi connectivity index (χ3v) is 6.68. The highest BCUT2D eigenvalue weighted by molar-refractivity contribution is 6.00. The molecular weight excluding hydrogens is 318 g/mol. The van der Waals surface area contributed by atoms with Crippen LogP contribution in [-0.2, 0) is 23.8 Å². The molecule has 0 aromatic rings. The van der Waals surface area contributed by atoms with Crippen LogP contribution in [0.4, 0.5) is 0 Å². The quantitative estimate of drug-likeness (QED) is 0.405. The first-order valence-electron chi connectivity index (χ1n) is 8.21. The second kappa shape index (κ2) is 4.66. The summed E-state index contributed by atoms with van der Waals surface area (Å²) in [6.07, 6.45) is -1.30. The number of aliphatic hydroxyl groups is 2. The Bertz CT molecular complexity index is 651. The minimum atomic E-state index is -1.39. The molecule has 3 fully saturated rings. The predicted molar refractivity (Wildman–Crippen MR) is 79.9 cm³/mol. The van der Waals surface area contributed by atoms with Crippen LogP contribution in [0.2, 0.25) is 0 Å². The van der Waals surface area contributed by atoms with E-state index < -0.39 is 52.6 Å². The first kappa shape index (κ1) is 16.2. The first-order valence-corrected chi connectivity index (χ1v) is 8.21. The molecule has 0 unspecified atom stereocenters. The summed E-state index contributed by atoms with van der Waals surface area (Å²) < 4.78 is 17.1. The van der Waals surface area contributed by atoms with Crippen LogP contribution in [0.15, 0.2) is 11.6 Å². The molecule has 7 heteroatoms. The summed E-state index contributed by atoms with van der Waals surface area (Å²) in [7, 11) is 0. The van der Waals surface area contributed by atoms with Crippen molar-refractivity contribution < 1.29 is 34.0 Å². The molecule has 0 aromatic carbocycles. The van der Waals surface area contributed by atoms with E-state index in [1.54, 1.807) is 13.0 Å². The van der Waals surface area contributed by atoms with Gasteiger partial charge >= 0.3 is 5.97 Å². The molecular formula is C17H22O7. The number of ether oxygens (including phenoxy) is 3. The van der Waals surface area contributed by atoms with Crippen LogP contribution in [0, 0.1) is 10.8 Å². The number of aliphatic hydroxyl groups excluding tert-OH is 2. The first-order chi connectivity index (χ1) is 11.2. The van der Waals surface area contributed by atoms with E-state index in [2.05, 4.69) is 0 Å². The summed E-state index contributed by atoms with van der Waals surface area (Å²) in [6.45, 7) is 5.04. The van der Waals surface area contributed by atoms with Gasteiger partial charge in [0, 0.05) is 12.3 Å². The summed E-state index contributed by atoms with van der Waals surface area (Å²) >= 11 is 0. The molecule has 2 N–H and O–H groups in total. The fourth-order valence-electron chi connectivity index (χ4n) is 5.21. The van der Waals surface area contributed by atoms with Crippen molar-refractivity contribution >= 4 is 11.8 Å². The Morgan fingerprint density at radius 2 is 2.12 bits per heavy atom. The fourth-order valence-corrected chi connectivity index (χ4v) is 5.21. The minimum absolute atomic E-state index is 0.162. The SMILES string of the molecule is CC1=C[C@H]2O[C@@H]3[C@H](O)C[C@](C)([C@@]2(CO[13C]([13CH3])=O)[C@H](O)C1=O)[C@]31CO1. The summed E-state index contributed by atoms with van der Waals surface area (Å²) in [5, 5.41) is 21.4. The van der Waals surface area contributed by atoms with Gasteiger partial charge < -0.3 is 24.4 Å². The summed E-state index contributed by atoms with van der Waals surface area (Å²) in [6, 6.07) is 0. The van der Waals surface area contributed by atoms with Gasteiger partial charge in [0.25, 0.3) is 0 Å². The number of Topliss-reactive ketones (excluding diaryl/α,β-unsaturated/α-hetero) is 1. The molecule has 7 atom stereocenters. The van der Waals surface area contributed by atoms with Crippen molar-refractivity contribution in [2.24, 2.45) is 10.8 Å². The lowest BCUT2D eigenvalue weighted by atomic mass is 9.50. The van der Waals surface area contributed by atoms with Crippen molar-refractivity contribution in [3.63, 3.8) is 0 Å².